The maximum absolute atomic E-state index is 6.86. The van der Waals surface area contributed by atoms with Crippen molar-refractivity contribution < 1.29 is 4.42 Å². The first-order valence-electron chi connectivity index (χ1n) is 21.1. The predicted octanol–water partition coefficient (Wildman–Crippen LogP) is 17.2. The van der Waals surface area contributed by atoms with Crippen LogP contribution in [0.5, 0.6) is 0 Å². The fourth-order valence-electron chi connectivity index (χ4n) is 10.3. The molecule has 61 heavy (non-hydrogen) atoms. The predicted molar refractivity (Wildman–Crippen MR) is 260 cm³/mol. The minimum absolute atomic E-state index is 0.907. The Kier molecular flexibility index (Phi) is 7.37. The molecule has 1 aromatic heterocycles. The van der Waals surface area contributed by atoms with Gasteiger partial charge in [0.05, 0.1) is 0 Å². The molecule has 0 atom stereocenters. The lowest BCUT2D eigenvalue weighted by molar-refractivity contribution is 0.673. The maximum atomic E-state index is 6.86. The van der Waals surface area contributed by atoms with E-state index in [9.17, 15) is 0 Å². The van der Waals surface area contributed by atoms with E-state index in [1.54, 1.807) is 0 Å². The van der Waals surface area contributed by atoms with Crippen LogP contribution in [0.2, 0.25) is 0 Å². The molecule has 1 heteroatoms. The molecular formula is C60H36O. The van der Waals surface area contributed by atoms with E-state index in [0.717, 1.165) is 21.9 Å². The molecule has 0 N–H and O–H groups in total. The Labute approximate surface area is 352 Å². The van der Waals surface area contributed by atoms with Crippen molar-refractivity contribution in [2.45, 2.75) is 0 Å². The summed E-state index contributed by atoms with van der Waals surface area (Å²) in [5.41, 5.74) is 11.6. The molecule has 0 fully saturated rings. The molecule has 0 unspecified atom stereocenters. The van der Waals surface area contributed by atoms with Gasteiger partial charge >= 0.3 is 0 Å². The van der Waals surface area contributed by atoms with Crippen LogP contribution >= 0.6 is 0 Å². The number of fused-ring (bicyclic) bond motifs is 12. The molecule has 0 saturated carbocycles. The first-order chi connectivity index (χ1) is 30.3. The maximum Gasteiger partial charge on any atom is 0.143 e. The van der Waals surface area contributed by atoms with Gasteiger partial charge in [-0.15, -0.1) is 0 Å². The van der Waals surface area contributed by atoms with Gasteiger partial charge in [-0.3, -0.25) is 0 Å². The summed E-state index contributed by atoms with van der Waals surface area (Å²) < 4.78 is 6.86. The van der Waals surface area contributed by atoms with Gasteiger partial charge in [-0.2, -0.15) is 0 Å². The zero-order valence-electron chi connectivity index (χ0n) is 33.2. The van der Waals surface area contributed by atoms with E-state index in [2.05, 4.69) is 218 Å². The van der Waals surface area contributed by atoms with E-state index in [1.165, 1.54) is 109 Å². The van der Waals surface area contributed by atoms with Gasteiger partial charge in [0.1, 0.15) is 11.2 Å². The van der Waals surface area contributed by atoms with Gasteiger partial charge in [0.25, 0.3) is 0 Å². The van der Waals surface area contributed by atoms with Gasteiger partial charge in [0.2, 0.25) is 0 Å². The molecule has 0 bridgehead atoms. The zero-order chi connectivity index (χ0) is 40.0. The van der Waals surface area contributed by atoms with E-state index in [4.69, 9.17) is 4.42 Å². The molecule has 13 aromatic rings. The molecule has 0 aliphatic heterocycles. The van der Waals surface area contributed by atoms with Crippen LogP contribution in [0.1, 0.15) is 0 Å². The van der Waals surface area contributed by atoms with Crippen LogP contribution in [-0.4, -0.2) is 0 Å². The summed E-state index contributed by atoms with van der Waals surface area (Å²) in [5.74, 6) is 0. The molecule has 282 valence electrons. The fraction of sp³-hybridized carbons (Fsp3) is 0. The molecule has 12 aromatic carbocycles. The van der Waals surface area contributed by atoms with Crippen molar-refractivity contribution in [2.24, 2.45) is 0 Å². The molecule has 0 amide bonds. The smallest absolute Gasteiger partial charge is 0.143 e. The Bertz CT molecular complexity index is 3880. The van der Waals surface area contributed by atoms with E-state index >= 15 is 0 Å². The third-order valence-corrected chi connectivity index (χ3v) is 13.0. The van der Waals surface area contributed by atoms with Gasteiger partial charge in [-0.25, -0.2) is 0 Å². The van der Waals surface area contributed by atoms with Gasteiger partial charge in [-0.05, 0) is 128 Å². The fourth-order valence-corrected chi connectivity index (χ4v) is 10.3. The average Bonchev–Trinajstić information content (AvgIpc) is 3.71. The number of furan rings is 1. The molecule has 1 nitrogen and oxygen atoms in total. The standard InChI is InChI=1S/C60H36O/c1-2-22-43-37(15-1)16-13-31-44(43)38-17-11-20-41(33-38)57-49-26-6-8-28-51(49)58(52-29-9-7-27-50(52)57)42-21-12-18-39(34-42)45-32-14-19-40-35-55-56(36-54(40)45)61-60-53-30-10-4-24-47(53)46-23-3-5-25-48(46)59(55)60/h1-36H. The summed E-state index contributed by atoms with van der Waals surface area (Å²) in [6, 6.07) is 80.0. The van der Waals surface area contributed by atoms with E-state index < -0.39 is 0 Å². The summed E-state index contributed by atoms with van der Waals surface area (Å²) >= 11 is 0. The van der Waals surface area contributed by atoms with Crippen molar-refractivity contribution >= 4 is 86.6 Å². The molecule has 0 radical (unpaired) electrons. The van der Waals surface area contributed by atoms with Crippen LogP contribution in [0.3, 0.4) is 0 Å². The van der Waals surface area contributed by atoms with Crippen molar-refractivity contribution in [1.82, 2.24) is 0 Å². The second-order valence-corrected chi connectivity index (χ2v) is 16.3. The second kappa shape index (κ2) is 13.3. The molecule has 0 spiro atoms. The minimum Gasteiger partial charge on any atom is -0.455 e. The summed E-state index contributed by atoms with van der Waals surface area (Å²) in [6.07, 6.45) is 0. The highest BCUT2D eigenvalue weighted by Gasteiger charge is 2.20. The van der Waals surface area contributed by atoms with Crippen molar-refractivity contribution in [2.75, 3.05) is 0 Å². The summed E-state index contributed by atoms with van der Waals surface area (Å²) in [6.45, 7) is 0. The third-order valence-electron chi connectivity index (χ3n) is 13.0. The van der Waals surface area contributed by atoms with Gasteiger partial charge in [-0.1, -0.05) is 194 Å². The van der Waals surface area contributed by atoms with E-state index in [0.29, 0.717) is 0 Å². The SMILES string of the molecule is c1cc(-c2cccc3ccccc23)cc(-c2c3ccccc3c(-c3cccc(-c4cccc5cc6c(cc45)oc4c5ccccc5c5ccccc5c64)c3)c3ccccc23)c1. The molecule has 0 aliphatic carbocycles. The van der Waals surface area contributed by atoms with Crippen molar-refractivity contribution in [3.63, 3.8) is 0 Å². The lowest BCUT2D eigenvalue weighted by Crippen LogP contribution is -1.92. The highest BCUT2D eigenvalue weighted by molar-refractivity contribution is 6.31. The molecule has 0 saturated heterocycles. The Balaban J connectivity index is 0.998. The first-order valence-corrected chi connectivity index (χ1v) is 21.1. The zero-order valence-corrected chi connectivity index (χ0v) is 33.2. The van der Waals surface area contributed by atoms with Crippen molar-refractivity contribution in [3.8, 4) is 44.5 Å². The molecule has 0 aliphatic rings. The number of benzene rings is 12. The Morgan fingerprint density at radius 3 is 1.28 bits per heavy atom. The van der Waals surface area contributed by atoms with Crippen LogP contribution in [0.25, 0.3) is 131 Å². The van der Waals surface area contributed by atoms with E-state index in [-0.39, 0.29) is 0 Å². The Hall–Kier alpha value is -8.00. The van der Waals surface area contributed by atoms with E-state index in [1.807, 2.05) is 0 Å². The van der Waals surface area contributed by atoms with Crippen LogP contribution in [0, 0.1) is 0 Å². The monoisotopic (exact) mass is 772 g/mol. The van der Waals surface area contributed by atoms with Gasteiger partial charge in [0, 0.05) is 16.2 Å². The quantitative estimate of drug-likeness (QED) is 0.128. The first kappa shape index (κ1) is 33.9. The van der Waals surface area contributed by atoms with Crippen molar-refractivity contribution in [1.29, 1.82) is 0 Å². The largest absolute Gasteiger partial charge is 0.455 e. The molecule has 1 heterocycles. The lowest BCUT2D eigenvalue weighted by atomic mass is 9.84. The topological polar surface area (TPSA) is 13.1 Å². The van der Waals surface area contributed by atoms with Gasteiger partial charge in [0.15, 0.2) is 0 Å². The second-order valence-electron chi connectivity index (χ2n) is 16.3. The number of hydrogen-bond donors (Lipinski definition) is 0. The number of rotatable bonds is 4. The highest BCUT2D eigenvalue weighted by Crippen LogP contribution is 2.47. The van der Waals surface area contributed by atoms with Gasteiger partial charge < -0.3 is 4.42 Å². The highest BCUT2D eigenvalue weighted by atomic mass is 16.3. The van der Waals surface area contributed by atoms with Crippen LogP contribution in [0.4, 0.5) is 0 Å². The minimum atomic E-state index is 0.907. The summed E-state index contributed by atoms with van der Waals surface area (Å²) in [4.78, 5) is 0. The lowest BCUT2D eigenvalue weighted by Gasteiger charge is -2.19. The van der Waals surface area contributed by atoms with Crippen LogP contribution in [-0.2, 0) is 0 Å². The summed E-state index contributed by atoms with van der Waals surface area (Å²) in [5, 5.41) is 17.0. The third kappa shape index (κ3) is 5.14. The summed E-state index contributed by atoms with van der Waals surface area (Å²) in [7, 11) is 0. The number of hydrogen-bond acceptors (Lipinski definition) is 1. The Morgan fingerprint density at radius 1 is 0.246 bits per heavy atom. The molecular weight excluding hydrogens is 737 g/mol. The van der Waals surface area contributed by atoms with Crippen molar-refractivity contribution in [3.05, 3.63) is 218 Å². The normalized spacial score (nSPS) is 11.9. The van der Waals surface area contributed by atoms with Crippen LogP contribution < -0.4 is 0 Å². The van der Waals surface area contributed by atoms with Crippen LogP contribution in [0.15, 0.2) is 223 Å². The molecule has 13 rings (SSSR count). The average molecular weight is 773 g/mol. The Morgan fingerprint density at radius 2 is 0.672 bits per heavy atom.